The fraction of sp³-hybridized carbons (Fsp3) is 0.500. The van der Waals surface area contributed by atoms with E-state index in [2.05, 4.69) is 20.1 Å². The van der Waals surface area contributed by atoms with E-state index in [1.165, 1.54) is 0 Å². The first-order chi connectivity index (χ1) is 9.17. The Labute approximate surface area is 110 Å². The van der Waals surface area contributed by atoms with Crippen LogP contribution in [0.3, 0.4) is 0 Å². The zero-order valence-electron chi connectivity index (χ0n) is 10.7. The van der Waals surface area contributed by atoms with Crippen molar-refractivity contribution in [3.63, 3.8) is 0 Å². The highest BCUT2D eigenvalue weighted by atomic mass is 16.5. The van der Waals surface area contributed by atoms with E-state index in [9.17, 15) is 0 Å². The molecule has 0 aromatic carbocycles. The lowest BCUT2D eigenvalue weighted by Crippen LogP contribution is -2.42. The summed E-state index contributed by atoms with van der Waals surface area (Å²) in [6.07, 6.45) is 4.77. The van der Waals surface area contributed by atoms with Gasteiger partial charge in [-0.25, -0.2) is 9.97 Å². The van der Waals surface area contributed by atoms with Gasteiger partial charge in [-0.05, 0) is 25.3 Å². The predicted molar refractivity (Wildman–Crippen MR) is 66.0 cm³/mol. The average molecular weight is 261 g/mol. The molecule has 2 aromatic heterocycles. The van der Waals surface area contributed by atoms with Crippen LogP contribution in [-0.2, 0) is 10.3 Å². The van der Waals surface area contributed by atoms with Gasteiger partial charge in [-0.2, -0.15) is 4.98 Å². The largest absolute Gasteiger partial charge is 0.381 e. The van der Waals surface area contributed by atoms with Crippen LogP contribution in [0.2, 0.25) is 0 Å². The summed E-state index contributed by atoms with van der Waals surface area (Å²) >= 11 is 0. The highest BCUT2D eigenvalue weighted by Crippen LogP contribution is 2.28. The van der Waals surface area contributed by atoms with Gasteiger partial charge in [0.15, 0.2) is 0 Å². The molecular weight excluding hydrogens is 246 g/mol. The van der Waals surface area contributed by atoms with Crippen molar-refractivity contribution in [2.45, 2.75) is 25.3 Å². The first-order valence-electron chi connectivity index (χ1n) is 6.17. The van der Waals surface area contributed by atoms with E-state index in [1.807, 2.05) is 6.92 Å². The van der Waals surface area contributed by atoms with Crippen molar-refractivity contribution in [1.29, 1.82) is 0 Å². The van der Waals surface area contributed by atoms with Gasteiger partial charge in [0.25, 0.3) is 0 Å². The summed E-state index contributed by atoms with van der Waals surface area (Å²) in [6, 6.07) is 0. The van der Waals surface area contributed by atoms with Gasteiger partial charge in [0, 0.05) is 25.6 Å². The van der Waals surface area contributed by atoms with E-state index in [4.69, 9.17) is 15.0 Å². The van der Waals surface area contributed by atoms with E-state index in [1.54, 1.807) is 12.4 Å². The SMILES string of the molecule is Cc1cnc(-c2noc(C3(N)CCOCC3)n2)nc1. The van der Waals surface area contributed by atoms with Gasteiger partial charge >= 0.3 is 0 Å². The first-order valence-corrected chi connectivity index (χ1v) is 6.17. The molecule has 2 aromatic rings. The minimum atomic E-state index is -0.603. The molecule has 0 atom stereocenters. The lowest BCUT2D eigenvalue weighted by molar-refractivity contribution is 0.0400. The Balaban J connectivity index is 1.88. The fourth-order valence-corrected chi connectivity index (χ4v) is 1.97. The Hall–Kier alpha value is -1.86. The molecule has 1 fully saturated rings. The quantitative estimate of drug-likeness (QED) is 0.853. The fourth-order valence-electron chi connectivity index (χ4n) is 1.97. The van der Waals surface area contributed by atoms with Crippen molar-refractivity contribution >= 4 is 0 Å². The maximum absolute atomic E-state index is 6.28. The van der Waals surface area contributed by atoms with Crippen LogP contribution in [-0.4, -0.2) is 33.3 Å². The summed E-state index contributed by atoms with van der Waals surface area (Å²) in [5.74, 6) is 1.23. The zero-order valence-corrected chi connectivity index (χ0v) is 10.7. The second-order valence-electron chi connectivity index (χ2n) is 4.78. The van der Waals surface area contributed by atoms with Crippen molar-refractivity contribution in [2.75, 3.05) is 13.2 Å². The van der Waals surface area contributed by atoms with Crippen LogP contribution in [0, 0.1) is 6.92 Å². The standard InChI is InChI=1S/C12H15N5O2/c1-8-6-14-9(15-7-8)10-16-11(19-17-10)12(13)2-4-18-5-3-12/h6-7H,2-5,13H2,1H3. The van der Waals surface area contributed by atoms with Gasteiger partial charge in [0.1, 0.15) is 5.54 Å². The molecule has 0 saturated carbocycles. The Morgan fingerprint density at radius 2 is 1.84 bits per heavy atom. The molecule has 7 heteroatoms. The molecule has 0 spiro atoms. The second kappa shape index (κ2) is 4.67. The van der Waals surface area contributed by atoms with Gasteiger partial charge < -0.3 is 15.0 Å². The molecule has 19 heavy (non-hydrogen) atoms. The Kier molecular flexibility index (Phi) is 3.00. The van der Waals surface area contributed by atoms with Crippen LogP contribution < -0.4 is 5.73 Å². The minimum Gasteiger partial charge on any atom is -0.381 e. The molecule has 3 heterocycles. The molecule has 3 rings (SSSR count). The van der Waals surface area contributed by atoms with Gasteiger partial charge in [0.2, 0.25) is 17.5 Å². The third-order valence-corrected chi connectivity index (χ3v) is 3.22. The molecular formula is C12H15N5O2. The van der Waals surface area contributed by atoms with Crippen LogP contribution in [0.4, 0.5) is 0 Å². The number of nitrogens with zero attached hydrogens (tertiary/aromatic N) is 4. The maximum Gasteiger partial charge on any atom is 0.247 e. The van der Waals surface area contributed by atoms with Gasteiger partial charge in [0.05, 0.1) is 0 Å². The van der Waals surface area contributed by atoms with Crippen molar-refractivity contribution in [1.82, 2.24) is 20.1 Å². The monoisotopic (exact) mass is 261 g/mol. The second-order valence-corrected chi connectivity index (χ2v) is 4.78. The Bertz CT molecular complexity index is 560. The van der Waals surface area contributed by atoms with E-state index >= 15 is 0 Å². The Morgan fingerprint density at radius 3 is 2.53 bits per heavy atom. The molecule has 0 unspecified atom stereocenters. The van der Waals surface area contributed by atoms with Crippen molar-refractivity contribution in [3.05, 3.63) is 23.8 Å². The summed E-state index contributed by atoms with van der Waals surface area (Å²) in [6.45, 7) is 3.13. The molecule has 7 nitrogen and oxygen atoms in total. The van der Waals surface area contributed by atoms with E-state index in [-0.39, 0.29) is 0 Å². The Morgan fingerprint density at radius 1 is 1.16 bits per heavy atom. The third kappa shape index (κ3) is 2.34. The molecule has 0 bridgehead atoms. The highest BCUT2D eigenvalue weighted by Gasteiger charge is 2.36. The number of nitrogens with two attached hydrogens (primary N) is 1. The van der Waals surface area contributed by atoms with Crippen molar-refractivity contribution in [3.8, 4) is 11.6 Å². The minimum absolute atomic E-state index is 0.367. The normalized spacial score (nSPS) is 18.4. The van der Waals surface area contributed by atoms with Gasteiger partial charge in [-0.1, -0.05) is 5.16 Å². The molecule has 0 aliphatic carbocycles. The average Bonchev–Trinajstić information content (AvgIpc) is 2.91. The van der Waals surface area contributed by atoms with E-state index < -0.39 is 5.54 Å². The summed E-state index contributed by atoms with van der Waals surface area (Å²) in [4.78, 5) is 12.7. The van der Waals surface area contributed by atoms with Crippen LogP contribution in [0.5, 0.6) is 0 Å². The summed E-state index contributed by atoms with van der Waals surface area (Å²) < 4.78 is 10.6. The van der Waals surface area contributed by atoms with Crippen LogP contribution >= 0.6 is 0 Å². The molecule has 100 valence electrons. The molecule has 0 amide bonds. The molecule has 1 aliphatic heterocycles. The highest BCUT2D eigenvalue weighted by molar-refractivity contribution is 5.41. The smallest absolute Gasteiger partial charge is 0.247 e. The summed E-state index contributed by atoms with van der Waals surface area (Å²) in [7, 11) is 0. The van der Waals surface area contributed by atoms with Crippen molar-refractivity contribution < 1.29 is 9.26 Å². The van der Waals surface area contributed by atoms with E-state index in [0.29, 0.717) is 43.6 Å². The van der Waals surface area contributed by atoms with Gasteiger partial charge in [-0.3, -0.25) is 0 Å². The zero-order chi connectivity index (χ0) is 13.3. The first kappa shape index (κ1) is 12.2. The number of aromatic nitrogens is 4. The molecule has 0 radical (unpaired) electrons. The van der Waals surface area contributed by atoms with Crippen molar-refractivity contribution in [2.24, 2.45) is 5.73 Å². The number of hydrogen-bond donors (Lipinski definition) is 1. The number of hydrogen-bond acceptors (Lipinski definition) is 7. The third-order valence-electron chi connectivity index (χ3n) is 3.22. The van der Waals surface area contributed by atoms with Crippen LogP contribution in [0.1, 0.15) is 24.3 Å². The lowest BCUT2D eigenvalue weighted by Gasteiger charge is -2.29. The molecule has 1 saturated heterocycles. The molecule has 1 aliphatic rings. The topological polar surface area (TPSA) is 100.0 Å². The van der Waals surface area contributed by atoms with Crippen LogP contribution in [0.15, 0.2) is 16.9 Å². The molecule has 2 N–H and O–H groups in total. The number of ether oxygens (including phenoxy) is 1. The van der Waals surface area contributed by atoms with Crippen LogP contribution in [0.25, 0.3) is 11.6 Å². The predicted octanol–water partition coefficient (Wildman–Crippen LogP) is 0.799. The maximum atomic E-state index is 6.28. The van der Waals surface area contributed by atoms with Gasteiger partial charge in [-0.15, -0.1) is 0 Å². The summed E-state index contributed by atoms with van der Waals surface area (Å²) in [5, 5.41) is 3.90. The summed E-state index contributed by atoms with van der Waals surface area (Å²) in [5.41, 5.74) is 6.65. The number of aryl methyl sites for hydroxylation is 1. The number of rotatable bonds is 2. The lowest BCUT2D eigenvalue weighted by atomic mass is 9.91. The van der Waals surface area contributed by atoms with E-state index in [0.717, 1.165) is 5.56 Å².